The lowest BCUT2D eigenvalue weighted by Crippen LogP contribution is -2.38. The molecule has 9 heteroatoms. The Bertz CT molecular complexity index is 903. The second kappa shape index (κ2) is 7.46. The van der Waals surface area contributed by atoms with Gasteiger partial charge in [0.15, 0.2) is 6.23 Å². The molecular formula is C20H23F3N4O2. The Morgan fingerprint density at radius 2 is 1.93 bits per heavy atom. The van der Waals surface area contributed by atoms with Crippen molar-refractivity contribution in [1.29, 1.82) is 0 Å². The highest BCUT2D eigenvalue weighted by Crippen LogP contribution is 2.39. The van der Waals surface area contributed by atoms with Crippen LogP contribution in [0.25, 0.3) is 0 Å². The standard InChI is InChI=1S/C20H23F3N4O2/c1-26-11-16-14(10-17(26)28)18(25-24-16)19(29)27-8-6-12(7-9-27)13-4-2-3-5-15(13)20(21,22)23/h2-5,12,19,29H,6-11H2,1H3,(H,24,25). The van der Waals surface area contributed by atoms with Crippen molar-refractivity contribution in [3.63, 3.8) is 0 Å². The van der Waals surface area contributed by atoms with Crippen molar-refractivity contribution in [2.24, 2.45) is 0 Å². The number of aliphatic hydroxyl groups is 1. The number of H-pyrrole nitrogens is 1. The number of amides is 1. The van der Waals surface area contributed by atoms with Crippen LogP contribution < -0.4 is 0 Å². The van der Waals surface area contributed by atoms with Gasteiger partial charge in [0, 0.05) is 25.7 Å². The molecule has 0 aliphatic carbocycles. The molecule has 1 amide bonds. The van der Waals surface area contributed by atoms with Crippen molar-refractivity contribution >= 4 is 5.91 Å². The van der Waals surface area contributed by atoms with Crippen LogP contribution in [0.2, 0.25) is 0 Å². The highest BCUT2D eigenvalue weighted by molar-refractivity contribution is 5.80. The lowest BCUT2D eigenvalue weighted by atomic mass is 9.86. The van der Waals surface area contributed by atoms with Crippen LogP contribution in [0.4, 0.5) is 13.2 Å². The largest absolute Gasteiger partial charge is 0.416 e. The third kappa shape index (κ3) is 3.76. The number of hydrogen-bond donors (Lipinski definition) is 2. The van der Waals surface area contributed by atoms with Crippen molar-refractivity contribution in [3.8, 4) is 0 Å². The Hall–Kier alpha value is -2.39. The molecule has 0 bridgehead atoms. The van der Waals surface area contributed by atoms with E-state index < -0.39 is 18.0 Å². The highest BCUT2D eigenvalue weighted by Gasteiger charge is 2.37. The molecule has 0 radical (unpaired) electrons. The van der Waals surface area contributed by atoms with E-state index in [1.807, 2.05) is 4.90 Å². The predicted octanol–water partition coefficient (Wildman–Crippen LogP) is 2.81. The number of hydrogen-bond acceptors (Lipinski definition) is 4. The number of likely N-dealkylation sites (tertiary alicyclic amines) is 1. The van der Waals surface area contributed by atoms with E-state index in [1.54, 1.807) is 24.1 Å². The van der Waals surface area contributed by atoms with Gasteiger partial charge in [-0.3, -0.25) is 14.8 Å². The first-order valence-corrected chi connectivity index (χ1v) is 9.64. The fourth-order valence-electron chi connectivity index (χ4n) is 4.31. The minimum absolute atomic E-state index is 0.0326. The van der Waals surface area contributed by atoms with Crippen LogP contribution in [0, 0.1) is 0 Å². The second-order valence-corrected chi connectivity index (χ2v) is 7.76. The van der Waals surface area contributed by atoms with Gasteiger partial charge in [0.25, 0.3) is 0 Å². The quantitative estimate of drug-likeness (QED) is 0.819. The fourth-order valence-corrected chi connectivity index (χ4v) is 4.31. The summed E-state index contributed by atoms with van der Waals surface area (Å²) in [4.78, 5) is 15.4. The maximum absolute atomic E-state index is 13.3. The molecule has 2 aromatic rings. The van der Waals surface area contributed by atoms with E-state index in [0.717, 1.165) is 17.3 Å². The molecule has 3 heterocycles. The van der Waals surface area contributed by atoms with E-state index in [0.29, 0.717) is 43.7 Å². The van der Waals surface area contributed by atoms with Gasteiger partial charge in [-0.2, -0.15) is 18.3 Å². The van der Waals surface area contributed by atoms with Gasteiger partial charge in [0.05, 0.1) is 24.2 Å². The lowest BCUT2D eigenvalue weighted by molar-refractivity contribution is -0.138. The van der Waals surface area contributed by atoms with Crippen molar-refractivity contribution in [1.82, 2.24) is 20.0 Å². The Morgan fingerprint density at radius 1 is 1.24 bits per heavy atom. The molecule has 1 saturated heterocycles. The summed E-state index contributed by atoms with van der Waals surface area (Å²) in [7, 11) is 1.71. The average molecular weight is 408 g/mol. The number of rotatable bonds is 3. The molecule has 1 atom stereocenters. The number of alkyl halides is 3. The van der Waals surface area contributed by atoms with Gasteiger partial charge in [-0.15, -0.1) is 0 Å². The number of piperidine rings is 1. The SMILES string of the molecule is CN1Cc2[nH]nc(C(O)N3CCC(c4ccccc4C(F)(F)F)CC3)c2CC1=O. The first kappa shape index (κ1) is 19.9. The molecule has 6 nitrogen and oxygen atoms in total. The number of carbonyl (C=O) groups excluding carboxylic acids is 1. The molecule has 1 unspecified atom stereocenters. The van der Waals surface area contributed by atoms with Gasteiger partial charge in [0.2, 0.25) is 5.91 Å². The molecule has 29 heavy (non-hydrogen) atoms. The number of carbonyl (C=O) groups is 1. The van der Waals surface area contributed by atoms with Gasteiger partial charge in [-0.25, -0.2) is 0 Å². The van der Waals surface area contributed by atoms with Crippen LogP contribution in [0.5, 0.6) is 0 Å². The van der Waals surface area contributed by atoms with Crippen LogP contribution in [0.1, 0.15) is 53.1 Å². The molecule has 1 fully saturated rings. The first-order valence-electron chi connectivity index (χ1n) is 9.64. The van der Waals surface area contributed by atoms with E-state index >= 15 is 0 Å². The third-order valence-electron chi connectivity index (χ3n) is 5.96. The minimum Gasteiger partial charge on any atom is -0.372 e. The zero-order valence-electron chi connectivity index (χ0n) is 16.0. The number of benzene rings is 1. The Kier molecular flexibility index (Phi) is 5.12. The summed E-state index contributed by atoms with van der Waals surface area (Å²) in [6.07, 6.45) is -4.15. The third-order valence-corrected chi connectivity index (χ3v) is 5.96. The number of nitrogens with one attached hydrogen (secondary N) is 1. The summed E-state index contributed by atoms with van der Waals surface area (Å²) in [6, 6.07) is 5.72. The number of likely N-dealkylation sites (N-methyl/N-ethyl adjacent to an activating group) is 1. The number of aliphatic hydroxyl groups excluding tert-OH is 1. The van der Waals surface area contributed by atoms with Gasteiger partial charge in [0.1, 0.15) is 5.69 Å². The zero-order chi connectivity index (χ0) is 20.8. The number of fused-ring (bicyclic) bond motifs is 1. The van der Waals surface area contributed by atoms with Crippen LogP contribution in [-0.4, -0.2) is 51.1 Å². The summed E-state index contributed by atoms with van der Waals surface area (Å²) in [5.41, 5.74) is 1.72. The Labute approximate surface area is 166 Å². The molecule has 156 valence electrons. The van der Waals surface area contributed by atoms with E-state index in [1.165, 1.54) is 6.07 Å². The molecule has 2 aliphatic heterocycles. The van der Waals surface area contributed by atoms with Crippen molar-refractivity contribution in [2.75, 3.05) is 20.1 Å². The van der Waals surface area contributed by atoms with E-state index in [2.05, 4.69) is 10.2 Å². The molecule has 1 aromatic heterocycles. The lowest BCUT2D eigenvalue weighted by Gasteiger charge is -2.35. The highest BCUT2D eigenvalue weighted by atomic mass is 19.4. The topological polar surface area (TPSA) is 72.5 Å². The minimum atomic E-state index is -4.37. The van der Waals surface area contributed by atoms with Crippen LogP contribution in [0.3, 0.4) is 0 Å². The van der Waals surface area contributed by atoms with Gasteiger partial charge < -0.3 is 10.0 Å². The van der Waals surface area contributed by atoms with Crippen LogP contribution >= 0.6 is 0 Å². The normalized spacial score (nSPS) is 20.0. The molecule has 4 rings (SSSR count). The molecule has 2 aliphatic rings. The summed E-state index contributed by atoms with van der Waals surface area (Å²) in [5, 5.41) is 17.9. The fraction of sp³-hybridized carbons (Fsp3) is 0.500. The molecule has 0 saturated carbocycles. The van der Waals surface area contributed by atoms with Crippen molar-refractivity contribution < 1.29 is 23.1 Å². The molecule has 2 N–H and O–H groups in total. The first-order chi connectivity index (χ1) is 13.8. The average Bonchev–Trinajstić information content (AvgIpc) is 3.10. The van der Waals surface area contributed by atoms with Crippen molar-refractivity contribution in [3.05, 3.63) is 52.3 Å². The Balaban J connectivity index is 1.47. The molecule has 1 aromatic carbocycles. The monoisotopic (exact) mass is 408 g/mol. The van der Waals surface area contributed by atoms with E-state index in [-0.39, 0.29) is 18.2 Å². The number of nitrogens with zero attached hydrogens (tertiary/aromatic N) is 3. The summed E-state index contributed by atoms with van der Waals surface area (Å²) in [6.45, 7) is 1.32. The van der Waals surface area contributed by atoms with Gasteiger partial charge in [-0.1, -0.05) is 18.2 Å². The van der Waals surface area contributed by atoms with E-state index in [9.17, 15) is 23.1 Å². The summed E-state index contributed by atoms with van der Waals surface area (Å²) >= 11 is 0. The zero-order valence-corrected chi connectivity index (χ0v) is 16.0. The Morgan fingerprint density at radius 3 is 2.62 bits per heavy atom. The second-order valence-electron chi connectivity index (χ2n) is 7.76. The maximum atomic E-state index is 13.3. The van der Waals surface area contributed by atoms with Gasteiger partial charge in [-0.05, 0) is 30.4 Å². The predicted molar refractivity (Wildman–Crippen MR) is 98.7 cm³/mol. The number of halogens is 3. The van der Waals surface area contributed by atoms with Crippen LogP contribution in [0.15, 0.2) is 24.3 Å². The number of aromatic nitrogens is 2. The smallest absolute Gasteiger partial charge is 0.372 e. The maximum Gasteiger partial charge on any atom is 0.416 e. The summed E-state index contributed by atoms with van der Waals surface area (Å²) < 4.78 is 40.0. The van der Waals surface area contributed by atoms with Crippen LogP contribution in [-0.2, 0) is 23.9 Å². The molecular weight excluding hydrogens is 385 g/mol. The van der Waals surface area contributed by atoms with Gasteiger partial charge >= 0.3 is 6.18 Å². The number of aromatic amines is 1. The molecule has 0 spiro atoms. The van der Waals surface area contributed by atoms with Crippen molar-refractivity contribution in [2.45, 2.75) is 44.1 Å². The van der Waals surface area contributed by atoms with E-state index in [4.69, 9.17) is 0 Å². The summed E-state index contributed by atoms with van der Waals surface area (Å²) in [5.74, 6) is -0.241.